The molecule has 0 unspecified atom stereocenters. The van der Waals surface area contributed by atoms with Gasteiger partial charge in [-0.3, -0.25) is 19.7 Å². The Bertz CT molecular complexity index is 1060. The fourth-order valence-electron chi connectivity index (χ4n) is 2.95. The van der Waals surface area contributed by atoms with Crippen molar-refractivity contribution in [3.63, 3.8) is 0 Å². The molecule has 7 heteroatoms. The third kappa shape index (κ3) is 2.17. The van der Waals surface area contributed by atoms with Gasteiger partial charge in [0.2, 0.25) is 0 Å². The van der Waals surface area contributed by atoms with Crippen molar-refractivity contribution in [3.8, 4) is 5.75 Å². The number of ketones is 1. The third-order valence-electron chi connectivity index (χ3n) is 4.24. The van der Waals surface area contributed by atoms with Crippen LogP contribution in [0.5, 0.6) is 5.75 Å². The largest absolute Gasteiger partial charge is 0.497 e. The van der Waals surface area contributed by atoms with E-state index in [9.17, 15) is 19.6 Å². The summed E-state index contributed by atoms with van der Waals surface area (Å²) in [6, 6.07) is 9.41. The molecule has 0 bridgehead atoms. The van der Waals surface area contributed by atoms with Gasteiger partial charge in [-0.2, -0.15) is 4.73 Å². The Hall–Kier alpha value is -3.61. The van der Waals surface area contributed by atoms with E-state index < -0.39 is 11.8 Å². The predicted octanol–water partition coefficient (Wildman–Crippen LogP) is 2.00. The SMILES string of the molecule is COc1ccc(C(=O)c2cn(O)c3cc4c(cc23)C(=O)NC4=O)cc1. The molecule has 124 valence electrons. The lowest BCUT2D eigenvalue weighted by Gasteiger charge is -2.03. The van der Waals surface area contributed by atoms with Crippen LogP contribution in [0.2, 0.25) is 0 Å². The van der Waals surface area contributed by atoms with Gasteiger partial charge in [0.15, 0.2) is 5.78 Å². The van der Waals surface area contributed by atoms with Crippen molar-refractivity contribution >= 4 is 28.5 Å². The van der Waals surface area contributed by atoms with Crippen LogP contribution in [0.1, 0.15) is 36.6 Å². The average Bonchev–Trinajstić information content (AvgIpc) is 3.10. The molecular weight excluding hydrogens is 324 g/mol. The number of fused-ring (bicyclic) bond motifs is 2. The summed E-state index contributed by atoms with van der Waals surface area (Å²) < 4.78 is 5.85. The summed E-state index contributed by atoms with van der Waals surface area (Å²) in [6.07, 6.45) is 1.27. The van der Waals surface area contributed by atoms with Crippen molar-refractivity contribution in [1.82, 2.24) is 10.0 Å². The first kappa shape index (κ1) is 14.9. The number of ether oxygens (including phenoxy) is 1. The molecule has 0 saturated heterocycles. The van der Waals surface area contributed by atoms with Crippen molar-refractivity contribution in [2.24, 2.45) is 0 Å². The second-order valence-corrected chi connectivity index (χ2v) is 5.64. The van der Waals surface area contributed by atoms with Gasteiger partial charge >= 0.3 is 0 Å². The molecule has 1 aliphatic rings. The van der Waals surface area contributed by atoms with E-state index in [0.717, 1.165) is 4.73 Å². The lowest BCUT2D eigenvalue weighted by atomic mass is 9.99. The first-order chi connectivity index (χ1) is 12.0. The summed E-state index contributed by atoms with van der Waals surface area (Å²) in [5.74, 6) is -0.735. The van der Waals surface area contributed by atoms with Gasteiger partial charge in [0.1, 0.15) is 5.75 Å². The number of nitrogens with one attached hydrogen (secondary N) is 1. The number of carbonyl (C=O) groups is 3. The Morgan fingerprint density at radius 3 is 2.36 bits per heavy atom. The van der Waals surface area contributed by atoms with Gasteiger partial charge in [-0.05, 0) is 36.4 Å². The minimum absolute atomic E-state index is 0.175. The molecule has 0 saturated carbocycles. The Morgan fingerprint density at radius 1 is 1.08 bits per heavy atom. The monoisotopic (exact) mass is 336 g/mol. The van der Waals surface area contributed by atoms with Gasteiger partial charge in [-0.15, -0.1) is 0 Å². The Balaban J connectivity index is 1.87. The molecule has 0 fully saturated rings. The van der Waals surface area contributed by atoms with Crippen molar-refractivity contribution in [2.75, 3.05) is 7.11 Å². The maximum atomic E-state index is 12.8. The summed E-state index contributed by atoms with van der Waals surface area (Å²) in [5.41, 5.74) is 1.29. The smallest absolute Gasteiger partial charge is 0.259 e. The highest BCUT2D eigenvalue weighted by molar-refractivity contribution is 6.24. The lowest BCUT2D eigenvalue weighted by molar-refractivity contribution is 0.0878. The molecule has 3 aromatic rings. The van der Waals surface area contributed by atoms with Crippen LogP contribution in [-0.4, -0.2) is 34.6 Å². The van der Waals surface area contributed by atoms with Crippen molar-refractivity contribution < 1.29 is 24.3 Å². The molecule has 0 atom stereocenters. The standard InChI is InChI=1S/C18H12N2O5/c1-25-10-4-2-9(3-5-10)16(21)14-8-20(24)15-7-13-12(6-11(14)15)17(22)19-18(13)23/h2-8,24H,1H3,(H,19,22,23). The number of carbonyl (C=O) groups excluding carboxylic acids is 3. The van der Waals surface area contributed by atoms with E-state index in [0.29, 0.717) is 16.7 Å². The third-order valence-corrected chi connectivity index (χ3v) is 4.24. The van der Waals surface area contributed by atoms with E-state index in [1.807, 2.05) is 0 Å². The molecule has 2 aromatic carbocycles. The number of hydrogen-bond acceptors (Lipinski definition) is 5. The zero-order valence-electron chi connectivity index (χ0n) is 13.1. The number of nitrogens with zero attached hydrogens (tertiary/aromatic N) is 1. The highest BCUT2D eigenvalue weighted by atomic mass is 16.5. The molecule has 1 aliphatic heterocycles. The first-order valence-electron chi connectivity index (χ1n) is 7.42. The summed E-state index contributed by atoms with van der Waals surface area (Å²) in [6.45, 7) is 0. The van der Waals surface area contributed by atoms with E-state index >= 15 is 0 Å². The van der Waals surface area contributed by atoms with Crippen LogP contribution < -0.4 is 10.1 Å². The van der Waals surface area contributed by atoms with Gasteiger partial charge in [-0.1, -0.05) is 0 Å². The molecule has 4 rings (SSSR count). The second kappa shape index (κ2) is 5.20. The van der Waals surface area contributed by atoms with Crippen LogP contribution in [0.3, 0.4) is 0 Å². The Morgan fingerprint density at radius 2 is 1.72 bits per heavy atom. The van der Waals surface area contributed by atoms with Crippen LogP contribution in [0, 0.1) is 0 Å². The summed E-state index contributed by atoms with van der Waals surface area (Å²) >= 11 is 0. The molecule has 2 heterocycles. The zero-order valence-corrected chi connectivity index (χ0v) is 13.1. The highest BCUT2D eigenvalue weighted by Gasteiger charge is 2.29. The van der Waals surface area contributed by atoms with Crippen LogP contribution in [0.25, 0.3) is 10.9 Å². The van der Waals surface area contributed by atoms with Crippen molar-refractivity contribution in [3.05, 3.63) is 64.8 Å². The normalized spacial score (nSPS) is 13.0. The van der Waals surface area contributed by atoms with Crippen LogP contribution in [0.4, 0.5) is 0 Å². The molecule has 0 spiro atoms. The summed E-state index contributed by atoms with van der Waals surface area (Å²) in [4.78, 5) is 36.4. The molecule has 7 nitrogen and oxygen atoms in total. The Labute approximate surface area is 141 Å². The number of imide groups is 1. The minimum atomic E-state index is -0.522. The lowest BCUT2D eigenvalue weighted by Crippen LogP contribution is -2.19. The number of aromatic nitrogens is 1. The second-order valence-electron chi connectivity index (χ2n) is 5.64. The number of amides is 2. The molecule has 1 aromatic heterocycles. The number of rotatable bonds is 3. The van der Waals surface area contributed by atoms with E-state index in [-0.39, 0.29) is 28.0 Å². The van der Waals surface area contributed by atoms with E-state index in [4.69, 9.17) is 4.74 Å². The van der Waals surface area contributed by atoms with Crippen molar-refractivity contribution in [2.45, 2.75) is 0 Å². The zero-order chi connectivity index (χ0) is 17.7. The molecule has 2 N–H and O–H groups in total. The summed E-state index contributed by atoms with van der Waals surface area (Å²) in [7, 11) is 1.53. The number of benzene rings is 2. The Kier molecular flexibility index (Phi) is 3.11. The molecule has 0 aliphatic carbocycles. The van der Waals surface area contributed by atoms with Gasteiger partial charge in [-0.25, -0.2) is 0 Å². The van der Waals surface area contributed by atoms with Crippen LogP contribution in [-0.2, 0) is 0 Å². The number of methoxy groups -OCH3 is 1. The van der Waals surface area contributed by atoms with E-state index in [1.54, 1.807) is 24.3 Å². The minimum Gasteiger partial charge on any atom is -0.497 e. The maximum absolute atomic E-state index is 12.8. The van der Waals surface area contributed by atoms with Gasteiger partial charge < -0.3 is 9.94 Å². The summed E-state index contributed by atoms with van der Waals surface area (Å²) in [5, 5.41) is 12.7. The fourth-order valence-corrected chi connectivity index (χ4v) is 2.95. The highest BCUT2D eigenvalue weighted by Crippen LogP contribution is 2.29. The maximum Gasteiger partial charge on any atom is 0.259 e. The van der Waals surface area contributed by atoms with Crippen LogP contribution in [0.15, 0.2) is 42.6 Å². The van der Waals surface area contributed by atoms with Gasteiger partial charge in [0.25, 0.3) is 11.8 Å². The molecule has 25 heavy (non-hydrogen) atoms. The van der Waals surface area contributed by atoms with E-state index in [1.165, 1.54) is 25.4 Å². The van der Waals surface area contributed by atoms with Gasteiger partial charge in [0.05, 0.1) is 35.5 Å². The quantitative estimate of drug-likeness (QED) is 0.433. The predicted molar refractivity (Wildman–Crippen MR) is 87.3 cm³/mol. The molecule has 2 amide bonds. The number of hydrogen-bond donors (Lipinski definition) is 2. The van der Waals surface area contributed by atoms with Crippen LogP contribution >= 0.6 is 0 Å². The van der Waals surface area contributed by atoms with Crippen molar-refractivity contribution in [1.29, 1.82) is 0 Å². The fraction of sp³-hybridized carbons (Fsp3) is 0.0556. The topological polar surface area (TPSA) is 97.6 Å². The first-order valence-corrected chi connectivity index (χ1v) is 7.42. The molecule has 0 radical (unpaired) electrons. The van der Waals surface area contributed by atoms with Gasteiger partial charge in [0, 0.05) is 10.9 Å². The molecular formula is C18H12N2O5. The average molecular weight is 336 g/mol. The van der Waals surface area contributed by atoms with E-state index in [2.05, 4.69) is 5.32 Å².